The number of piperidine rings is 1. The number of hydrogen-bond donors (Lipinski definition) is 2. The number of hydrogen-bond acceptors (Lipinski definition) is 6. The number of likely N-dealkylation sites (tertiary alicyclic amines) is 1. The van der Waals surface area contributed by atoms with Crippen molar-refractivity contribution < 1.29 is 31.9 Å². The maximum absolute atomic E-state index is 13.4. The largest absolute Gasteiger partial charge is 0.484 e. The SMILES string of the molecule is CN1CC(NC(=O)COc2ccc(Cl)c(F)c2)CCC1C(=O)Nc1cncc(C(F)(F)F)n1. The highest BCUT2D eigenvalue weighted by atomic mass is 35.5. The van der Waals surface area contributed by atoms with Crippen molar-refractivity contribution >= 4 is 29.2 Å². The molecule has 178 valence electrons. The van der Waals surface area contributed by atoms with Crippen molar-refractivity contribution in [3.05, 3.63) is 47.1 Å². The molecule has 3 rings (SSSR count). The zero-order chi connectivity index (χ0) is 24.2. The predicted octanol–water partition coefficient (Wildman–Crippen LogP) is 2.88. The first-order valence-corrected chi connectivity index (χ1v) is 10.2. The van der Waals surface area contributed by atoms with Gasteiger partial charge in [-0.2, -0.15) is 13.2 Å². The van der Waals surface area contributed by atoms with Gasteiger partial charge >= 0.3 is 6.18 Å². The Hall–Kier alpha value is -2.99. The fraction of sp³-hybridized carbons (Fsp3) is 0.400. The highest BCUT2D eigenvalue weighted by Gasteiger charge is 2.34. The number of likely N-dealkylation sites (N-methyl/N-ethyl adjacent to an activating group) is 1. The summed E-state index contributed by atoms with van der Waals surface area (Å²) in [6, 6.07) is 2.93. The Morgan fingerprint density at radius 1 is 1.27 bits per heavy atom. The number of carbonyl (C=O) groups is 2. The van der Waals surface area contributed by atoms with Gasteiger partial charge in [0.1, 0.15) is 11.6 Å². The lowest BCUT2D eigenvalue weighted by atomic mass is 9.98. The minimum Gasteiger partial charge on any atom is -0.484 e. The van der Waals surface area contributed by atoms with Crippen molar-refractivity contribution in [2.24, 2.45) is 0 Å². The lowest BCUT2D eigenvalue weighted by Crippen LogP contribution is -2.54. The van der Waals surface area contributed by atoms with Gasteiger partial charge in [0.25, 0.3) is 5.91 Å². The first-order chi connectivity index (χ1) is 15.5. The quantitative estimate of drug-likeness (QED) is 0.606. The Kier molecular flexibility index (Phi) is 7.69. The van der Waals surface area contributed by atoms with Crippen LogP contribution in [0, 0.1) is 5.82 Å². The van der Waals surface area contributed by atoms with Crippen LogP contribution in [-0.2, 0) is 15.8 Å². The summed E-state index contributed by atoms with van der Waals surface area (Å²) in [5.41, 5.74) is -1.20. The molecule has 1 aromatic heterocycles. The first kappa shape index (κ1) is 24.6. The van der Waals surface area contributed by atoms with Gasteiger partial charge in [0.15, 0.2) is 18.1 Å². The van der Waals surface area contributed by atoms with Crippen LogP contribution >= 0.6 is 11.6 Å². The molecule has 0 bridgehead atoms. The minimum absolute atomic E-state index is 0.0595. The second-order valence-electron chi connectivity index (χ2n) is 7.44. The third-order valence-electron chi connectivity index (χ3n) is 4.93. The highest BCUT2D eigenvalue weighted by molar-refractivity contribution is 6.30. The summed E-state index contributed by atoms with van der Waals surface area (Å²) in [5.74, 6) is -1.75. The van der Waals surface area contributed by atoms with Crippen LogP contribution in [0.15, 0.2) is 30.6 Å². The Labute approximate surface area is 191 Å². The van der Waals surface area contributed by atoms with Gasteiger partial charge in [0.05, 0.1) is 23.5 Å². The van der Waals surface area contributed by atoms with Gasteiger partial charge in [-0.3, -0.25) is 19.5 Å². The van der Waals surface area contributed by atoms with E-state index in [-0.39, 0.29) is 29.2 Å². The van der Waals surface area contributed by atoms with E-state index in [9.17, 15) is 27.2 Å². The molecule has 1 aromatic carbocycles. The molecule has 2 amide bonds. The Morgan fingerprint density at radius 3 is 2.70 bits per heavy atom. The first-order valence-electron chi connectivity index (χ1n) is 9.80. The van der Waals surface area contributed by atoms with E-state index in [1.165, 1.54) is 12.1 Å². The number of halogens is 5. The third kappa shape index (κ3) is 6.75. The molecule has 13 heteroatoms. The normalized spacial score (nSPS) is 19.1. The molecule has 2 aromatic rings. The van der Waals surface area contributed by atoms with Gasteiger partial charge in [-0.1, -0.05) is 11.6 Å². The average Bonchev–Trinajstić information content (AvgIpc) is 2.74. The molecule has 1 saturated heterocycles. The van der Waals surface area contributed by atoms with E-state index >= 15 is 0 Å². The molecule has 8 nitrogen and oxygen atoms in total. The molecule has 0 aliphatic carbocycles. The van der Waals surface area contributed by atoms with Crippen LogP contribution in [0.3, 0.4) is 0 Å². The molecule has 33 heavy (non-hydrogen) atoms. The molecular formula is C20H20ClF4N5O3. The number of nitrogens with zero attached hydrogens (tertiary/aromatic N) is 3. The Balaban J connectivity index is 1.48. The van der Waals surface area contributed by atoms with Crippen molar-refractivity contribution in [2.75, 3.05) is 25.5 Å². The van der Waals surface area contributed by atoms with Crippen LogP contribution < -0.4 is 15.4 Å². The summed E-state index contributed by atoms with van der Waals surface area (Å²) in [7, 11) is 1.66. The van der Waals surface area contributed by atoms with E-state index in [0.717, 1.165) is 12.3 Å². The molecule has 1 fully saturated rings. The van der Waals surface area contributed by atoms with Gasteiger partial charge in [-0.05, 0) is 32.0 Å². The van der Waals surface area contributed by atoms with Crippen LogP contribution in [0.2, 0.25) is 5.02 Å². The van der Waals surface area contributed by atoms with Gasteiger partial charge in [-0.15, -0.1) is 0 Å². The zero-order valence-corrected chi connectivity index (χ0v) is 18.1. The molecule has 2 atom stereocenters. The number of ether oxygens (including phenoxy) is 1. The number of aromatic nitrogens is 2. The smallest absolute Gasteiger partial charge is 0.434 e. The minimum atomic E-state index is -4.67. The summed E-state index contributed by atoms with van der Waals surface area (Å²) in [4.78, 5) is 33.2. The van der Waals surface area contributed by atoms with Crippen molar-refractivity contribution in [3.8, 4) is 5.75 Å². The summed E-state index contributed by atoms with van der Waals surface area (Å²) in [6.45, 7) is -0.00686. The van der Waals surface area contributed by atoms with Crippen molar-refractivity contribution in [1.29, 1.82) is 0 Å². The van der Waals surface area contributed by atoms with Crippen LogP contribution in [0.1, 0.15) is 18.5 Å². The van der Waals surface area contributed by atoms with Crippen LogP contribution in [0.4, 0.5) is 23.4 Å². The van der Waals surface area contributed by atoms with Crippen LogP contribution in [0.25, 0.3) is 0 Å². The molecule has 0 radical (unpaired) electrons. The number of anilines is 1. The maximum Gasteiger partial charge on any atom is 0.434 e. The zero-order valence-electron chi connectivity index (χ0n) is 17.3. The van der Waals surface area contributed by atoms with Crippen molar-refractivity contribution in [3.63, 3.8) is 0 Å². The number of amides is 2. The molecule has 2 unspecified atom stereocenters. The monoisotopic (exact) mass is 489 g/mol. The highest BCUT2D eigenvalue weighted by Crippen LogP contribution is 2.27. The van der Waals surface area contributed by atoms with Crippen molar-refractivity contribution in [1.82, 2.24) is 20.2 Å². The van der Waals surface area contributed by atoms with E-state index in [4.69, 9.17) is 16.3 Å². The van der Waals surface area contributed by atoms with E-state index in [0.29, 0.717) is 25.6 Å². The molecule has 0 saturated carbocycles. The average molecular weight is 490 g/mol. The van der Waals surface area contributed by atoms with E-state index < -0.39 is 35.5 Å². The molecule has 1 aliphatic rings. The Bertz CT molecular complexity index is 1020. The molecule has 2 N–H and O–H groups in total. The molecule has 0 spiro atoms. The summed E-state index contributed by atoms with van der Waals surface area (Å²) >= 11 is 5.60. The molecule has 1 aliphatic heterocycles. The van der Waals surface area contributed by atoms with Crippen molar-refractivity contribution in [2.45, 2.75) is 31.1 Å². The number of rotatable bonds is 6. The fourth-order valence-corrected chi connectivity index (χ4v) is 3.47. The van der Waals surface area contributed by atoms with Gasteiger partial charge < -0.3 is 15.4 Å². The van der Waals surface area contributed by atoms with Crippen LogP contribution in [0.5, 0.6) is 5.75 Å². The molecular weight excluding hydrogens is 470 g/mol. The van der Waals surface area contributed by atoms with E-state index in [2.05, 4.69) is 20.6 Å². The molecule has 2 heterocycles. The number of carbonyl (C=O) groups excluding carboxylic acids is 2. The number of alkyl halides is 3. The van der Waals surface area contributed by atoms with E-state index in [1.54, 1.807) is 11.9 Å². The summed E-state index contributed by atoms with van der Waals surface area (Å²) < 4.78 is 57.0. The summed E-state index contributed by atoms with van der Waals surface area (Å²) in [5, 5.41) is 5.07. The predicted molar refractivity (Wildman–Crippen MR) is 110 cm³/mol. The number of benzene rings is 1. The van der Waals surface area contributed by atoms with Crippen LogP contribution in [-0.4, -0.2) is 59.0 Å². The third-order valence-corrected chi connectivity index (χ3v) is 5.24. The maximum atomic E-state index is 13.4. The second kappa shape index (κ2) is 10.3. The lowest BCUT2D eigenvalue weighted by molar-refractivity contribution is -0.141. The standard InChI is InChI=1S/C20H20ClF4N5O3/c1-30-9-11(27-18(31)10-33-12-3-4-13(21)14(22)6-12)2-5-15(30)19(32)29-17-8-26-7-16(28-17)20(23,24)25/h3-4,6-8,11,15H,2,5,9-10H2,1H3,(H,27,31)(H,28,29,32). The Morgan fingerprint density at radius 2 is 2.03 bits per heavy atom. The topological polar surface area (TPSA) is 96.5 Å². The second-order valence-corrected chi connectivity index (χ2v) is 7.85. The lowest BCUT2D eigenvalue weighted by Gasteiger charge is -2.36. The van der Waals surface area contributed by atoms with E-state index in [1.807, 2.05) is 0 Å². The number of nitrogens with one attached hydrogen (secondary N) is 2. The summed E-state index contributed by atoms with van der Waals surface area (Å²) in [6.07, 6.45) is -2.26. The van der Waals surface area contributed by atoms with Gasteiger partial charge in [0, 0.05) is 18.7 Å². The van der Waals surface area contributed by atoms with Gasteiger partial charge in [-0.25, -0.2) is 9.37 Å². The fourth-order valence-electron chi connectivity index (χ4n) is 3.35. The van der Waals surface area contributed by atoms with Gasteiger partial charge in [0.2, 0.25) is 5.91 Å².